The Morgan fingerprint density at radius 3 is 2.79 bits per heavy atom. The number of nitrogens with one attached hydrogen (secondary N) is 1. The molecule has 0 radical (unpaired) electrons. The number of nitrogens with zero attached hydrogens (tertiary/aromatic N) is 3. The van der Waals surface area contributed by atoms with Crippen LogP contribution < -0.4 is 10.3 Å². The summed E-state index contributed by atoms with van der Waals surface area (Å²) >= 11 is 1.56. The summed E-state index contributed by atoms with van der Waals surface area (Å²) in [5.41, 5.74) is 9.15. The minimum atomic E-state index is 0.185. The largest absolute Gasteiger partial charge is 0.369 e. The van der Waals surface area contributed by atoms with Crippen LogP contribution in [0.15, 0.2) is 59.0 Å². The molecule has 1 aliphatic rings. The van der Waals surface area contributed by atoms with Gasteiger partial charge in [0.25, 0.3) is 0 Å². The zero-order valence-electron chi connectivity index (χ0n) is 16.8. The van der Waals surface area contributed by atoms with Crippen molar-refractivity contribution in [3.05, 3.63) is 65.0 Å². The van der Waals surface area contributed by atoms with Crippen molar-refractivity contribution in [2.45, 2.75) is 38.6 Å². The monoisotopic (exact) mass is 390 g/mol. The molecule has 1 N–H and O–H groups in total. The Labute approximate surface area is 170 Å². The van der Waals surface area contributed by atoms with E-state index in [-0.39, 0.29) is 5.54 Å². The fraction of sp³-hybridized carbons (Fsp3) is 0.304. The molecule has 1 atom stereocenters. The van der Waals surface area contributed by atoms with E-state index in [0.717, 1.165) is 28.4 Å². The van der Waals surface area contributed by atoms with Gasteiger partial charge in [-0.15, -0.1) is 11.3 Å². The van der Waals surface area contributed by atoms with Crippen molar-refractivity contribution in [2.75, 3.05) is 17.4 Å². The maximum Gasteiger partial charge on any atom is 0.203 e. The maximum atomic E-state index is 4.61. The van der Waals surface area contributed by atoms with Crippen molar-refractivity contribution < 1.29 is 0 Å². The Morgan fingerprint density at radius 1 is 1.21 bits per heavy atom. The molecule has 0 saturated carbocycles. The first-order chi connectivity index (χ1) is 13.4. The summed E-state index contributed by atoms with van der Waals surface area (Å²) in [5, 5.41) is 7.24. The first kappa shape index (κ1) is 18.7. The summed E-state index contributed by atoms with van der Waals surface area (Å²) in [5.74, 6) is 0.537. The van der Waals surface area contributed by atoms with Crippen LogP contribution in [0.5, 0.6) is 0 Å². The molecule has 0 saturated heterocycles. The SMILES string of the molecule is CC1CC(C)(C)N(C)c2ccc(C=NNc3nc(-c4ccccc4)cs3)cc21. The molecule has 2 heterocycles. The van der Waals surface area contributed by atoms with E-state index in [2.05, 4.69) is 78.6 Å². The lowest BCUT2D eigenvalue weighted by Gasteiger charge is -2.45. The quantitative estimate of drug-likeness (QED) is 0.440. The minimum absolute atomic E-state index is 0.185. The van der Waals surface area contributed by atoms with E-state index >= 15 is 0 Å². The standard InChI is InChI=1S/C23H26N4S/c1-16-13-23(2,3)27(4)21-11-10-17(12-19(16)21)14-24-26-22-25-20(15-28-22)18-8-6-5-7-9-18/h5-12,14-16H,13H2,1-4H3,(H,25,26). The van der Waals surface area contributed by atoms with Crippen LogP contribution in [0.1, 0.15) is 44.2 Å². The maximum absolute atomic E-state index is 4.61. The smallest absolute Gasteiger partial charge is 0.203 e. The topological polar surface area (TPSA) is 40.5 Å². The van der Waals surface area contributed by atoms with E-state index in [1.807, 2.05) is 29.8 Å². The Hall–Kier alpha value is -2.66. The van der Waals surface area contributed by atoms with Crippen LogP contribution in [0.25, 0.3) is 11.3 Å². The summed E-state index contributed by atoms with van der Waals surface area (Å²) in [4.78, 5) is 7.00. The molecule has 1 unspecified atom stereocenters. The van der Waals surface area contributed by atoms with E-state index in [1.54, 1.807) is 11.3 Å². The number of hydrogen-bond acceptors (Lipinski definition) is 5. The molecule has 3 aromatic rings. The van der Waals surface area contributed by atoms with Gasteiger partial charge in [0.2, 0.25) is 5.13 Å². The Kier molecular flexibility index (Phi) is 4.94. The number of fused-ring (bicyclic) bond motifs is 1. The highest BCUT2D eigenvalue weighted by atomic mass is 32.1. The average molecular weight is 391 g/mol. The molecule has 0 aliphatic carbocycles. The van der Waals surface area contributed by atoms with E-state index in [1.165, 1.54) is 11.3 Å². The van der Waals surface area contributed by atoms with Crippen LogP contribution in [0.4, 0.5) is 10.8 Å². The second kappa shape index (κ2) is 7.40. The van der Waals surface area contributed by atoms with Gasteiger partial charge in [-0.3, -0.25) is 5.43 Å². The van der Waals surface area contributed by atoms with Gasteiger partial charge < -0.3 is 4.90 Å². The first-order valence-electron chi connectivity index (χ1n) is 9.62. The van der Waals surface area contributed by atoms with Crippen molar-refractivity contribution >= 4 is 28.4 Å². The van der Waals surface area contributed by atoms with Crippen LogP contribution >= 0.6 is 11.3 Å². The Balaban J connectivity index is 1.48. The van der Waals surface area contributed by atoms with Gasteiger partial charge in [0.15, 0.2) is 0 Å². The molecule has 1 aromatic heterocycles. The van der Waals surface area contributed by atoms with E-state index in [4.69, 9.17) is 0 Å². The molecule has 1 aliphatic heterocycles. The Morgan fingerprint density at radius 2 is 2.00 bits per heavy atom. The molecule has 144 valence electrons. The lowest BCUT2D eigenvalue weighted by atomic mass is 9.80. The van der Waals surface area contributed by atoms with Crippen LogP contribution in [0.2, 0.25) is 0 Å². The van der Waals surface area contributed by atoms with Crippen LogP contribution in [-0.2, 0) is 0 Å². The molecule has 0 spiro atoms. The van der Waals surface area contributed by atoms with Gasteiger partial charge in [-0.05, 0) is 49.4 Å². The molecule has 4 nitrogen and oxygen atoms in total. The number of thiazole rings is 1. The number of rotatable bonds is 4. The fourth-order valence-electron chi connectivity index (χ4n) is 3.90. The zero-order chi connectivity index (χ0) is 19.7. The highest BCUT2D eigenvalue weighted by molar-refractivity contribution is 7.14. The van der Waals surface area contributed by atoms with Gasteiger partial charge in [0.05, 0.1) is 11.9 Å². The third-order valence-corrected chi connectivity index (χ3v) is 6.35. The molecule has 28 heavy (non-hydrogen) atoms. The normalized spacial score (nSPS) is 18.3. The van der Waals surface area contributed by atoms with Crippen molar-refractivity contribution in [1.82, 2.24) is 4.98 Å². The van der Waals surface area contributed by atoms with Gasteiger partial charge in [-0.25, -0.2) is 4.98 Å². The highest BCUT2D eigenvalue weighted by Gasteiger charge is 2.33. The fourth-order valence-corrected chi connectivity index (χ4v) is 4.57. The number of aromatic nitrogens is 1. The predicted octanol–water partition coefficient (Wildman–Crippen LogP) is 5.98. The lowest BCUT2D eigenvalue weighted by Crippen LogP contribution is -2.45. The molecule has 0 amide bonds. The van der Waals surface area contributed by atoms with Crippen molar-refractivity contribution in [3.8, 4) is 11.3 Å². The number of hydrogen-bond donors (Lipinski definition) is 1. The van der Waals surface area contributed by atoms with E-state index in [9.17, 15) is 0 Å². The highest BCUT2D eigenvalue weighted by Crippen LogP contribution is 2.42. The third kappa shape index (κ3) is 3.67. The van der Waals surface area contributed by atoms with Gasteiger partial charge in [0, 0.05) is 29.2 Å². The molecule has 0 fully saturated rings. The molecular formula is C23H26N4S. The lowest BCUT2D eigenvalue weighted by molar-refractivity contribution is 0.395. The van der Waals surface area contributed by atoms with Crippen LogP contribution in [0, 0.1) is 0 Å². The summed E-state index contributed by atoms with van der Waals surface area (Å²) in [7, 11) is 2.19. The summed E-state index contributed by atoms with van der Waals surface area (Å²) in [6.45, 7) is 6.93. The Bertz CT molecular complexity index is 991. The van der Waals surface area contributed by atoms with Crippen molar-refractivity contribution in [1.29, 1.82) is 0 Å². The van der Waals surface area contributed by atoms with E-state index < -0.39 is 0 Å². The number of benzene rings is 2. The summed E-state index contributed by atoms with van der Waals surface area (Å²) in [6, 6.07) is 16.8. The van der Waals surface area contributed by atoms with Gasteiger partial charge in [-0.2, -0.15) is 5.10 Å². The predicted molar refractivity (Wildman–Crippen MR) is 121 cm³/mol. The molecular weight excluding hydrogens is 364 g/mol. The summed E-state index contributed by atoms with van der Waals surface area (Å²) in [6.07, 6.45) is 3.02. The van der Waals surface area contributed by atoms with Gasteiger partial charge >= 0.3 is 0 Å². The van der Waals surface area contributed by atoms with Gasteiger partial charge in [-0.1, -0.05) is 43.3 Å². The molecule has 4 rings (SSSR count). The molecule has 5 heteroatoms. The third-order valence-electron chi connectivity index (χ3n) is 5.61. The molecule has 0 bridgehead atoms. The van der Waals surface area contributed by atoms with E-state index in [0.29, 0.717) is 5.92 Å². The van der Waals surface area contributed by atoms with Crippen molar-refractivity contribution in [3.63, 3.8) is 0 Å². The molecule has 2 aromatic carbocycles. The number of hydrazone groups is 1. The first-order valence-corrected chi connectivity index (χ1v) is 10.5. The van der Waals surface area contributed by atoms with Gasteiger partial charge in [0.1, 0.15) is 0 Å². The second-order valence-corrected chi connectivity index (χ2v) is 8.93. The second-order valence-electron chi connectivity index (χ2n) is 8.07. The number of anilines is 2. The van der Waals surface area contributed by atoms with Crippen LogP contribution in [-0.4, -0.2) is 23.8 Å². The van der Waals surface area contributed by atoms with Crippen LogP contribution in [0.3, 0.4) is 0 Å². The summed E-state index contributed by atoms with van der Waals surface area (Å²) < 4.78 is 0. The average Bonchev–Trinajstić information content (AvgIpc) is 3.16. The zero-order valence-corrected chi connectivity index (χ0v) is 17.6. The van der Waals surface area contributed by atoms with Crippen molar-refractivity contribution in [2.24, 2.45) is 5.10 Å². The minimum Gasteiger partial charge on any atom is -0.369 e.